The number of urea groups is 1. The van der Waals surface area contributed by atoms with Crippen LogP contribution in [0.15, 0.2) is 24.3 Å². The van der Waals surface area contributed by atoms with Gasteiger partial charge >= 0.3 is 12.1 Å². The van der Waals surface area contributed by atoms with Crippen LogP contribution in [0.4, 0.5) is 15.3 Å². The van der Waals surface area contributed by atoms with Gasteiger partial charge in [0.2, 0.25) is 0 Å². The SMILES string of the molecule is COC(=O)Nc1ccc(CNC(=O)NCCCN2CCC(C)CC2)cc1. The lowest BCUT2D eigenvalue weighted by Crippen LogP contribution is -2.38. The number of amides is 3. The fraction of sp³-hybridized carbons (Fsp3) is 0.579. The van der Waals surface area contributed by atoms with Crippen molar-refractivity contribution in [2.75, 3.05) is 38.6 Å². The van der Waals surface area contributed by atoms with E-state index in [1.165, 1.54) is 33.0 Å². The number of hydrogen-bond acceptors (Lipinski definition) is 4. The lowest BCUT2D eigenvalue weighted by molar-refractivity contribution is 0.187. The molecule has 0 aromatic heterocycles. The first-order valence-electron chi connectivity index (χ1n) is 9.25. The summed E-state index contributed by atoms with van der Waals surface area (Å²) in [6, 6.07) is 7.08. The number of rotatable bonds is 7. The molecule has 0 saturated carbocycles. The van der Waals surface area contributed by atoms with E-state index in [-0.39, 0.29) is 6.03 Å². The number of likely N-dealkylation sites (tertiary alicyclic amines) is 1. The average molecular weight is 362 g/mol. The molecule has 1 aliphatic rings. The molecule has 0 spiro atoms. The summed E-state index contributed by atoms with van der Waals surface area (Å²) in [6.45, 7) is 6.82. The van der Waals surface area contributed by atoms with Gasteiger partial charge in [-0.2, -0.15) is 0 Å². The highest BCUT2D eigenvalue weighted by molar-refractivity contribution is 5.84. The first-order valence-corrected chi connectivity index (χ1v) is 9.25. The standard InChI is InChI=1S/C19H30N4O3/c1-15-8-12-23(13-9-15)11-3-10-20-18(24)21-14-16-4-6-17(7-5-16)22-19(25)26-2/h4-7,15H,3,8-14H2,1-2H3,(H,22,25)(H2,20,21,24). The van der Waals surface area contributed by atoms with Gasteiger partial charge in [-0.25, -0.2) is 9.59 Å². The van der Waals surface area contributed by atoms with Crippen molar-refractivity contribution in [3.05, 3.63) is 29.8 Å². The number of benzene rings is 1. The molecule has 0 radical (unpaired) electrons. The summed E-state index contributed by atoms with van der Waals surface area (Å²) in [5, 5.41) is 8.32. The zero-order chi connectivity index (χ0) is 18.8. The van der Waals surface area contributed by atoms with Crippen molar-refractivity contribution in [1.82, 2.24) is 15.5 Å². The minimum absolute atomic E-state index is 0.158. The summed E-state index contributed by atoms with van der Waals surface area (Å²) < 4.78 is 4.54. The van der Waals surface area contributed by atoms with Crippen LogP contribution in [0, 0.1) is 5.92 Å². The van der Waals surface area contributed by atoms with Crippen molar-refractivity contribution in [2.24, 2.45) is 5.92 Å². The number of nitrogens with one attached hydrogen (secondary N) is 3. The molecular weight excluding hydrogens is 332 g/mol. The van der Waals surface area contributed by atoms with Gasteiger partial charge in [-0.1, -0.05) is 19.1 Å². The Morgan fingerprint density at radius 1 is 1.15 bits per heavy atom. The summed E-state index contributed by atoms with van der Waals surface area (Å²) >= 11 is 0. The lowest BCUT2D eigenvalue weighted by atomic mass is 9.99. The molecule has 3 amide bonds. The third-order valence-corrected chi connectivity index (χ3v) is 4.65. The Morgan fingerprint density at radius 2 is 1.85 bits per heavy atom. The maximum absolute atomic E-state index is 11.9. The Bertz CT molecular complexity index is 569. The number of ether oxygens (including phenoxy) is 1. The second kappa shape index (κ2) is 10.7. The van der Waals surface area contributed by atoms with Gasteiger partial charge < -0.3 is 20.3 Å². The molecule has 26 heavy (non-hydrogen) atoms. The minimum atomic E-state index is -0.505. The average Bonchev–Trinajstić information content (AvgIpc) is 2.66. The van der Waals surface area contributed by atoms with Crippen LogP contribution in [0.2, 0.25) is 0 Å². The van der Waals surface area contributed by atoms with Crippen molar-refractivity contribution >= 4 is 17.8 Å². The van der Waals surface area contributed by atoms with Crippen molar-refractivity contribution in [2.45, 2.75) is 32.7 Å². The number of carbonyl (C=O) groups is 2. The third-order valence-electron chi connectivity index (χ3n) is 4.65. The van der Waals surface area contributed by atoms with Crippen LogP contribution in [0.25, 0.3) is 0 Å². The largest absolute Gasteiger partial charge is 0.453 e. The monoisotopic (exact) mass is 362 g/mol. The van der Waals surface area contributed by atoms with Crippen molar-refractivity contribution in [3.8, 4) is 0 Å². The van der Waals surface area contributed by atoms with E-state index in [2.05, 4.69) is 32.5 Å². The van der Waals surface area contributed by atoms with Crippen LogP contribution in [0.5, 0.6) is 0 Å². The van der Waals surface area contributed by atoms with Crippen LogP contribution in [-0.2, 0) is 11.3 Å². The number of nitrogens with zero attached hydrogens (tertiary/aromatic N) is 1. The summed E-state index contributed by atoms with van der Waals surface area (Å²) in [6.07, 6.45) is 3.02. The Labute approximate surface area is 155 Å². The van der Waals surface area contributed by atoms with Crippen LogP contribution in [0.3, 0.4) is 0 Å². The normalized spacial score (nSPS) is 15.3. The molecule has 0 aliphatic carbocycles. The van der Waals surface area contributed by atoms with E-state index >= 15 is 0 Å². The van der Waals surface area contributed by atoms with Gasteiger partial charge in [0, 0.05) is 18.8 Å². The van der Waals surface area contributed by atoms with Gasteiger partial charge in [-0.15, -0.1) is 0 Å². The highest BCUT2D eigenvalue weighted by Crippen LogP contribution is 2.15. The maximum Gasteiger partial charge on any atom is 0.411 e. The molecule has 7 heteroatoms. The van der Waals surface area contributed by atoms with Crippen LogP contribution in [0.1, 0.15) is 31.7 Å². The van der Waals surface area contributed by atoms with Gasteiger partial charge in [0.1, 0.15) is 0 Å². The number of anilines is 1. The predicted octanol–water partition coefficient (Wildman–Crippen LogP) is 2.79. The third kappa shape index (κ3) is 7.31. The Hall–Kier alpha value is -2.28. The zero-order valence-electron chi connectivity index (χ0n) is 15.7. The van der Waals surface area contributed by atoms with E-state index in [0.717, 1.165) is 24.4 Å². The second-order valence-corrected chi connectivity index (χ2v) is 6.80. The van der Waals surface area contributed by atoms with Crippen molar-refractivity contribution in [3.63, 3.8) is 0 Å². The fourth-order valence-corrected chi connectivity index (χ4v) is 2.91. The van der Waals surface area contributed by atoms with Gasteiger partial charge in [0.25, 0.3) is 0 Å². The van der Waals surface area contributed by atoms with E-state index in [1.807, 2.05) is 12.1 Å². The van der Waals surface area contributed by atoms with Crippen LogP contribution < -0.4 is 16.0 Å². The first kappa shape index (κ1) is 20.0. The van der Waals surface area contributed by atoms with E-state index in [1.54, 1.807) is 12.1 Å². The molecule has 1 aromatic carbocycles. The summed E-state index contributed by atoms with van der Waals surface area (Å²) in [5.41, 5.74) is 1.61. The second-order valence-electron chi connectivity index (χ2n) is 6.80. The lowest BCUT2D eigenvalue weighted by Gasteiger charge is -2.30. The molecule has 3 N–H and O–H groups in total. The Balaban J connectivity index is 1.57. The molecule has 0 bridgehead atoms. The fourth-order valence-electron chi connectivity index (χ4n) is 2.91. The molecule has 0 atom stereocenters. The summed E-state index contributed by atoms with van der Waals surface area (Å²) in [4.78, 5) is 25.4. The molecule has 1 saturated heterocycles. The van der Waals surface area contributed by atoms with Gasteiger partial charge in [-0.05, 0) is 62.5 Å². The number of carbonyl (C=O) groups excluding carboxylic acids is 2. The zero-order valence-corrected chi connectivity index (χ0v) is 15.7. The molecule has 1 aromatic rings. The molecule has 1 heterocycles. The molecule has 1 fully saturated rings. The predicted molar refractivity (Wildman–Crippen MR) is 102 cm³/mol. The number of piperidine rings is 1. The topological polar surface area (TPSA) is 82.7 Å². The number of methoxy groups -OCH3 is 1. The Kier molecular flexibility index (Phi) is 8.21. The van der Waals surface area contributed by atoms with Gasteiger partial charge in [-0.3, -0.25) is 5.32 Å². The van der Waals surface area contributed by atoms with E-state index in [9.17, 15) is 9.59 Å². The highest BCUT2D eigenvalue weighted by atomic mass is 16.5. The smallest absolute Gasteiger partial charge is 0.411 e. The molecule has 7 nitrogen and oxygen atoms in total. The van der Waals surface area contributed by atoms with E-state index in [4.69, 9.17) is 0 Å². The van der Waals surface area contributed by atoms with Gasteiger partial charge in [0.05, 0.1) is 7.11 Å². The molecule has 1 aliphatic heterocycles. The highest BCUT2D eigenvalue weighted by Gasteiger charge is 2.14. The van der Waals surface area contributed by atoms with E-state index < -0.39 is 6.09 Å². The van der Waals surface area contributed by atoms with Gasteiger partial charge in [0.15, 0.2) is 0 Å². The number of hydrogen-bond donors (Lipinski definition) is 3. The van der Waals surface area contributed by atoms with Crippen molar-refractivity contribution < 1.29 is 14.3 Å². The first-order chi connectivity index (χ1) is 12.6. The van der Waals surface area contributed by atoms with Crippen molar-refractivity contribution in [1.29, 1.82) is 0 Å². The Morgan fingerprint density at radius 3 is 2.50 bits per heavy atom. The molecule has 0 unspecified atom stereocenters. The molecular formula is C19H30N4O3. The van der Waals surface area contributed by atoms with Crippen LogP contribution in [-0.4, -0.2) is 50.3 Å². The minimum Gasteiger partial charge on any atom is -0.453 e. The summed E-state index contributed by atoms with van der Waals surface area (Å²) in [7, 11) is 1.32. The molecule has 144 valence electrons. The summed E-state index contributed by atoms with van der Waals surface area (Å²) in [5.74, 6) is 0.848. The quantitative estimate of drug-likeness (QED) is 0.652. The van der Waals surface area contributed by atoms with E-state index in [0.29, 0.717) is 18.8 Å². The molecule has 2 rings (SSSR count). The van der Waals surface area contributed by atoms with Crippen LogP contribution >= 0.6 is 0 Å². The maximum atomic E-state index is 11.9.